The maximum atomic E-state index is 11.7. The van der Waals surface area contributed by atoms with Crippen LogP contribution in [-0.4, -0.2) is 27.2 Å². The molecular weight excluding hydrogens is 266 g/mol. The monoisotopic (exact) mass is 285 g/mol. The summed E-state index contributed by atoms with van der Waals surface area (Å²) in [6.07, 6.45) is 0.997. The fraction of sp³-hybridized carbons (Fsp3) is 0.667. The Kier molecular flexibility index (Phi) is 5.88. The highest BCUT2D eigenvalue weighted by Crippen LogP contribution is 2.19. The van der Waals surface area contributed by atoms with Crippen LogP contribution < -0.4 is 5.32 Å². The summed E-state index contributed by atoms with van der Waals surface area (Å²) in [7, 11) is 0. The number of hydrogen-bond acceptors (Lipinski definition) is 5. The Balaban J connectivity index is 2.43. The molecule has 0 bridgehead atoms. The lowest BCUT2D eigenvalue weighted by molar-refractivity contribution is -0.138. The molecule has 19 heavy (non-hydrogen) atoms. The van der Waals surface area contributed by atoms with E-state index in [1.54, 1.807) is 6.92 Å². The first kappa shape index (κ1) is 15.6. The third kappa shape index (κ3) is 6.28. The Hall–Kier alpha value is -1.50. The van der Waals surface area contributed by atoms with Gasteiger partial charge in [0.1, 0.15) is 5.01 Å². The molecule has 2 N–H and O–H groups in total. The van der Waals surface area contributed by atoms with Crippen molar-refractivity contribution in [2.24, 2.45) is 11.8 Å². The van der Waals surface area contributed by atoms with Gasteiger partial charge in [-0.15, -0.1) is 10.2 Å². The number of aliphatic carboxylic acids is 1. The molecule has 0 saturated carbocycles. The number of nitrogens with one attached hydrogen (secondary N) is 1. The van der Waals surface area contributed by atoms with Gasteiger partial charge in [-0.2, -0.15) is 0 Å². The molecule has 1 atom stereocenters. The minimum atomic E-state index is -0.893. The van der Waals surface area contributed by atoms with E-state index in [0.29, 0.717) is 11.0 Å². The maximum Gasteiger partial charge on any atom is 0.303 e. The Morgan fingerprint density at radius 2 is 1.95 bits per heavy atom. The second-order valence-corrected chi connectivity index (χ2v) is 6.12. The Morgan fingerprint density at radius 1 is 1.26 bits per heavy atom. The summed E-state index contributed by atoms with van der Waals surface area (Å²) >= 11 is 1.36. The largest absolute Gasteiger partial charge is 0.481 e. The number of hydrogen-bond donors (Lipinski definition) is 2. The molecule has 1 heterocycles. The van der Waals surface area contributed by atoms with Gasteiger partial charge in [-0.05, 0) is 11.8 Å². The van der Waals surface area contributed by atoms with E-state index in [9.17, 15) is 9.59 Å². The molecular formula is C12H19N3O3S. The highest BCUT2D eigenvalue weighted by atomic mass is 32.1. The number of aromatic nitrogens is 2. The molecule has 1 aromatic heterocycles. The van der Waals surface area contributed by atoms with Crippen molar-refractivity contribution in [3.63, 3.8) is 0 Å². The molecule has 0 spiro atoms. The number of amides is 1. The second-order valence-electron chi connectivity index (χ2n) is 5.05. The van der Waals surface area contributed by atoms with Gasteiger partial charge >= 0.3 is 5.97 Å². The fourth-order valence-electron chi connectivity index (χ4n) is 1.59. The Morgan fingerprint density at radius 3 is 2.53 bits per heavy atom. The van der Waals surface area contributed by atoms with Crippen LogP contribution in [0.2, 0.25) is 0 Å². The number of rotatable bonds is 7. The van der Waals surface area contributed by atoms with Crippen molar-refractivity contribution in [2.45, 2.75) is 40.0 Å². The highest BCUT2D eigenvalue weighted by molar-refractivity contribution is 7.15. The molecule has 0 aromatic carbocycles. The third-order valence-electron chi connectivity index (χ3n) is 2.35. The summed E-state index contributed by atoms with van der Waals surface area (Å²) in [5, 5.41) is 20.5. The zero-order chi connectivity index (χ0) is 14.4. The molecule has 0 aliphatic rings. The fourth-order valence-corrected chi connectivity index (χ4v) is 2.56. The molecule has 0 radical (unpaired) electrons. The van der Waals surface area contributed by atoms with E-state index in [-0.39, 0.29) is 24.7 Å². The van der Waals surface area contributed by atoms with E-state index >= 15 is 0 Å². The molecule has 1 rings (SSSR count). The van der Waals surface area contributed by atoms with Crippen molar-refractivity contribution in [3.8, 4) is 0 Å². The van der Waals surface area contributed by atoms with Gasteiger partial charge in [-0.1, -0.05) is 32.1 Å². The zero-order valence-corrected chi connectivity index (χ0v) is 12.2. The molecule has 1 unspecified atom stereocenters. The minimum absolute atomic E-state index is 0.0118. The number of anilines is 1. The SMILES string of the molecule is CC(C)Cc1nnc(NC(=O)CC(C)CC(=O)O)s1. The first-order valence-corrected chi connectivity index (χ1v) is 7.02. The first-order valence-electron chi connectivity index (χ1n) is 6.20. The van der Waals surface area contributed by atoms with E-state index < -0.39 is 5.97 Å². The molecule has 0 aliphatic heterocycles. The molecule has 0 fully saturated rings. The van der Waals surface area contributed by atoms with Gasteiger partial charge in [0.15, 0.2) is 0 Å². The van der Waals surface area contributed by atoms with Crippen LogP contribution in [0.5, 0.6) is 0 Å². The van der Waals surface area contributed by atoms with Gasteiger partial charge in [0, 0.05) is 19.3 Å². The molecule has 0 aliphatic carbocycles. The standard InChI is InChI=1S/C12H19N3O3S/c1-7(2)4-10-14-15-12(19-10)13-9(16)5-8(3)6-11(17)18/h7-8H,4-6H2,1-3H3,(H,17,18)(H,13,15,16). The minimum Gasteiger partial charge on any atom is -0.481 e. The van der Waals surface area contributed by atoms with E-state index in [1.807, 2.05) is 0 Å². The second kappa shape index (κ2) is 7.18. The lowest BCUT2D eigenvalue weighted by Gasteiger charge is -2.07. The van der Waals surface area contributed by atoms with Crippen molar-refractivity contribution in [2.75, 3.05) is 5.32 Å². The van der Waals surface area contributed by atoms with Gasteiger partial charge in [0.2, 0.25) is 11.0 Å². The number of carboxylic acids is 1. The Labute approximate surface area is 116 Å². The Bertz CT molecular complexity index is 445. The quantitative estimate of drug-likeness (QED) is 0.801. The van der Waals surface area contributed by atoms with Crippen LogP contribution in [0.3, 0.4) is 0 Å². The summed E-state index contributed by atoms with van der Waals surface area (Å²) < 4.78 is 0. The average molecular weight is 285 g/mol. The first-order chi connectivity index (χ1) is 8.86. The molecule has 6 nitrogen and oxygen atoms in total. The predicted octanol–water partition coefficient (Wildman–Crippen LogP) is 2.18. The van der Waals surface area contributed by atoms with Crippen LogP contribution in [0, 0.1) is 11.8 Å². The van der Waals surface area contributed by atoms with Gasteiger partial charge in [-0.25, -0.2) is 0 Å². The van der Waals surface area contributed by atoms with Crippen molar-refractivity contribution in [1.82, 2.24) is 10.2 Å². The lowest BCUT2D eigenvalue weighted by atomic mass is 10.0. The maximum absolute atomic E-state index is 11.7. The van der Waals surface area contributed by atoms with Crippen molar-refractivity contribution in [1.29, 1.82) is 0 Å². The number of carbonyl (C=O) groups is 2. The van der Waals surface area contributed by atoms with E-state index in [0.717, 1.165) is 11.4 Å². The van der Waals surface area contributed by atoms with Crippen LogP contribution in [0.15, 0.2) is 0 Å². The summed E-state index contributed by atoms with van der Waals surface area (Å²) in [5.41, 5.74) is 0. The summed E-state index contributed by atoms with van der Waals surface area (Å²) in [6.45, 7) is 5.92. The number of carboxylic acid groups (broad SMARTS) is 1. The van der Waals surface area contributed by atoms with Gasteiger partial charge < -0.3 is 10.4 Å². The van der Waals surface area contributed by atoms with Crippen LogP contribution in [0.4, 0.5) is 5.13 Å². The van der Waals surface area contributed by atoms with Crippen LogP contribution in [0.25, 0.3) is 0 Å². The molecule has 7 heteroatoms. The van der Waals surface area contributed by atoms with Crippen LogP contribution in [-0.2, 0) is 16.0 Å². The van der Waals surface area contributed by atoms with E-state index in [2.05, 4.69) is 29.4 Å². The summed E-state index contributed by atoms with van der Waals surface area (Å²) in [6, 6.07) is 0. The van der Waals surface area contributed by atoms with Crippen molar-refractivity contribution >= 4 is 28.3 Å². The molecule has 106 valence electrons. The number of nitrogens with zero attached hydrogens (tertiary/aromatic N) is 2. The van der Waals surface area contributed by atoms with Gasteiger partial charge in [-0.3, -0.25) is 9.59 Å². The van der Waals surface area contributed by atoms with Crippen molar-refractivity contribution < 1.29 is 14.7 Å². The van der Waals surface area contributed by atoms with Crippen LogP contribution >= 0.6 is 11.3 Å². The van der Waals surface area contributed by atoms with Gasteiger partial charge in [0.25, 0.3) is 0 Å². The predicted molar refractivity (Wildman–Crippen MR) is 73.1 cm³/mol. The van der Waals surface area contributed by atoms with Crippen molar-refractivity contribution in [3.05, 3.63) is 5.01 Å². The lowest BCUT2D eigenvalue weighted by Crippen LogP contribution is -2.16. The van der Waals surface area contributed by atoms with Crippen LogP contribution in [0.1, 0.15) is 38.6 Å². The zero-order valence-electron chi connectivity index (χ0n) is 11.3. The average Bonchev–Trinajstić information content (AvgIpc) is 2.62. The highest BCUT2D eigenvalue weighted by Gasteiger charge is 2.14. The number of carbonyl (C=O) groups excluding carboxylic acids is 1. The molecule has 1 amide bonds. The topological polar surface area (TPSA) is 92.2 Å². The normalized spacial score (nSPS) is 12.4. The molecule has 0 saturated heterocycles. The molecule has 1 aromatic rings. The summed E-state index contributed by atoms with van der Waals surface area (Å²) in [4.78, 5) is 22.2. The summed E-state index contributed by atoms with van der Waals surface area (Å²) in [5.74, 6) is -0.816. The third-order valence-corrected chi connectivity index (χ3v) is 3.21. The van der Waals surface area contributed by atoms with E-state index in [4.69, 9.17) is 5.11 Å². The smallest absolute Gasteiger partial charge is 0.303 e. The van der Waals surface area contributed by atoms with Gasteiger partial charge in [0.05, 0.1) is 0 Å². The van der Waals surface area contributed by atoms with E-state index in [1.165, 1.54) is 11.3 Å².